The predicted octanol–water partition coefficient (Wildman–Crippen LogP) is 2.76. The molecule has 0 atom stereocenters. The number of rotatable bonds is 4. The third kappa shape index (κ3) is 2.21. The molecule has 22 heavy (non-hydrogen) atoms. The topological polar surface area (TPSA) is 47.6 Å². The first-order chi connectivity index (χ1) is 10.8. The van der Waals surface area contributed by atoms with E-state index in [1.165, 1.54) is 0 Å². The Morgan fingerprint density at radius 2 is 1.82 bits per heavy atom. The minimum absolute atomic E-state index is 0.0928. The van der Waals surface area contributed by atoms with Crippen LogP contribution in [-0.2, 0) is 16.8 Å². The maximum Gasteiger partial charge on any atom is 0.231 e. The van der Waals surface area contributed by atoms with Gasteiger partial charge >= 0.3 is 0 Å². The van der Waals surface area contributed by atoms with Crippen LogP contribution in [0.3, 0.4) is 0 Å². The van der Waals surface area contributed by atoms with Gasteiger partial charge in [0.2, 0.25) is 12.7 Å². The number of carbonyl (C=O) groups excluding carboxylic acids is 1. The van der Waals surface area contributed by atoms with Gasteiger partial charge in [-0.3, -0.25) is 4.79 Å². The highest BCUT2D eigenvalue weighted by atomic mass is 16.7. The Morgan fingerprint density at radius 1 is 1.05 bits per heavy atom. The van der Waals surface area contributed by atoms with E-state index in [1.807, 2.05) is 48.5 Å². The normalized spacial score (nSPS) is 17.1. The van der Waals surface area contributed by atoms with E-state index in [1.54, 1.807) is 0 Å². The quantitative estimate of drug-likeness (QED) is 0.943. The number of ether oxygens (including phenoxy) is 2. The molecule has 2 aromatic rings. The van der Waals surface area contributed by atoms with E-state index in [2.05, 4.69) is 5.32 Å². The first kappa shape index (κ1) is 13.2. The largest absolute Gasteiger partial charge is 0.454 e. The first-order valence-corrected chi connectivity index (χ1v) is 7.50. The third-order valence-corrected chi connectivity index (χ3v) is 4.41. The summed E-state index contributed by atoms with van der Waals surface area (Å²) in [6, 6.07) is 15.8. The summed E-state index contributed by atoms with van der Waals surface area (Å²) < 4.78 is 10.7. The molecule has 4 nitrogen and oxygen atoms in total. The van der Waals surface area contributed by atoms with Gasteiger partial charge in [0.15, 0.2) is 11.5 Å². The number of hydrogen-bond acceptors (Lipinski definition) is 3. The van der Waals surface area contributed by atoms with Gasteiger partial charge in [-0.25, -0.2) is 0 Å². The minimum atomic E-state index is -0.393. The summed E-state index contributed by atoms with van der Waals surface area (Å²) in [6.07, 6.45) is 1.76. The molecule has 1 N–H and O–H groups in total. The van der Waals surface area contributed by atoms with Crippen molar-refractivity contribution in [2.24, 2.45) is 0 Å². The number of nitrogens with one attached hydrogen (secondary N) is 1. The molecule has 2 aliphatic rings. The van der Waals surface area contributed by atoms with E-state index in [9.17, 15) is 4.79 Å². The van der Waals surface area contributed by atoms with Crippen molar-refractivity contribution >= 4 is 5.91 Å². The summed E-state index contributed by atoms with van der Waals surface area (Å²) in [6.45, 7) is 0.817. The fourth-order valence-electron chi connectivity index (χ4n) is 2.91. The average Bonchev–Trinajstić information content (AvgIpc) is 3.25. The lowest BCUT2D eigenvalue weighted by Gasteiger charge is -2.16. The zero-order valence-corrected chi connectivity index (χ0v) is 12.2. The molecule has 0 spiro atoms. The molecule has 0 radical (unpaired) electrons. The van der Waals surface area contributed by atoms with Gasteiger partial charge in [0.25, 0.3) is 0 Å². The Labute approximate surface area is 129 Å². The fourth-order valence-corrected chi connectivity index (χ4v) is 2.91. The van der Waals surface area contributed by atoms with E-state index in [0.717, 1.165) is 35.5 Å². The average molecular weight is 295 g/mol. The lowest BCUT2D eigenvalue weighted by molar-refractivity contribution is -0.123. The van der Waals surface area contributed by atoms with Gasteiger partial charge in [-0.2, -0.15) is 0 Å². The van der Waals surface area contributed by atoms with Crippen LogP contribution < -0.4 is 14.8 Å². The Morgan fingerprint density at radius 3 is 2.59 bits per heavy atom. The summed E-state index contributed by atoms with van der Waals surface area (Å²) in [5, 5.41) is 3.06. The highest BCUT2D eigenvalue weighted by molar-refractivity contribution is 5.91. The lowest BCUT2D eigenvalue weighted by Crippen LogP contribution is -2.34. The molecule has 2 aromatic carbocycles. The van der Waals surface area contributed by atoms with Crippen molar-refractivity contribution < 1.29 is 14.3 Å². The molecule has 0 saturated heterocycles. The monoisotopic (exact) mass is 295 g/mol. The van der Waals surface area contributed by atoms with Gasteiger partial charge in [-0.1, -0.05) is 36.4 Å². The van der Waals surface area contributed by atoms with Crippen LogP contribution in [0.4, 0.5) is 0 Å². The van der Waals surface area contributed by atoms with Crippen LogP contribution in [0.2, 0.25) is 0 Å². The minimum Gasteiger partial charge on any atom is -0.454 e. The van der Waals surface area contributed by atoms with Crippen molar-refractivity contribution in [1.82, 2.24) is 5.32 Å². The predicted molar refractivity (Wildman–Crippen MR) is 81.8 cm³/mol. The van der Waals surface area contributed by atoms with Gasteiger partial charge in [0.1, 0.15) is 0 Å². The second kappa shape index (κ2) is 5.05. The molecule has 1 aliphatic carbocycles. The van der Waals surface area contributed by atoms with Crippen molar-refractivity contribution in [2.45, 2.75) is 24.8 Å². The molecule has 112 valence electrons. The number of hydrogen-bond donors (Lipinski definition) is 1. The Balaban J connectivity index is 1.50. The summed E-state index contributed by atoms with van der Waals surface area (Å²) in [4.78, 5) is 12.6. The molecule has 0 aromatic heterocycles. The van der Waals surface area contributed by atoms with Crippen LogP contribution >= 0.6 is 0 Å². The Hall–Kier alpha value is -2.49. The molecule has 1 fully saturated rings. The SMILES string of the molecule is O=C(NCc1ccccc1)C1(c2ccc3c(c2)OCO3)CC1. The molecular weight excluding hydrogens is 278 g/mol. The summed E-state index contributed by atoms with van der Waals surface area (Å²) in [5.41, 5.74) is 1.73. The summed E-state index contributed by atoms with van der Waals surface area (Å²) >= 11 is 0. The van der Waals surface area contributed by atoms with E-state index in [4.69, 9.17) is 9.47 Å². The van der Waals surface area contributed by atoms with Gasteiger partial charge in [0.05, 0.1) is 5.41 Å². The van der Waals surface area contributed by atoms with Gasteiger partial charge in [0, 0.05) is 6.54 Å². The van der Waals surface area contributed by atoms with E-state index < -0.39 is 5.41 Å². The van der Waals surface area contributed by atoms with Crippen LogP contribution in [0.1, 0.15) is 24.0 Å². The molecule has 1 heterocycles. The molecule has 1 amide bonds. The van der Waals surface area contributed by atoms with Crippen LogP contribution in [0.5, 0.6) is 11.5 Å². The molecule has 0 bridgehead atoms. The standard InChI is InChI=1S/C18H17NO3/c20-17(19-11-13-4-2-1-3-5-13)18(8-9-18)14-6-7-15-16(10-14)22-12-21-15/h1-7,10H,8-9,11-12H2,(H,19,20). The molecule has 4 rings (SSSR count). The van der Waals surface area contributed by atoms with Crippen molar-refractivity contribution in [1.29, 1.82) is 0 Å². The van der Waals surface area contributed by atoms with Gasteiger partial charge in [-0.05, 0) is 36.1 Å². The second-order valence-electron chi connectivity index (χ2n) is 5.82. The van der Waals surface area contributed by atoms with Crippen molar-refractivity contribution in [3.63, 3.8) is 0 Å². The summed E-state index contributed by atoms with van der Waals surface area (Å²) in [5.74, 6) is 1.58. The van der Waals surface area contributed by atoms with Crippen molar-refractivity contribution in [2.75, 3.05) is 6.79 Å². The molecular formula is C18H17NO3. The lowest BCUT2D eigenvalue weighted by atomic mass is 9.94. The Kier molecular flexibility index (Phi) is 3.03. The summed E-state index contributed by atoms with van der Waals surface area (Å²) in [7, 11) is 0. The van der Waals surface area contributed by atoms with Gasteiger partial charge < -0.3 is 14.8 Å². The molecule has 1 saturated carbocycles. The van der Waals surface area contributed by atoms with E-state index in [-0.39, 0.29) is 12.7 Å². The number of carbonyl (C=O) groups is 1. The molecule has 1 aliphatic heterocycles. The molecule has 0 unspecified atom stereocenters. The van der Waals surface area contributed by atoms with Gasteiger partial charge in [-0.15, -0.1) is 0 Å². The molecule has 4 heteroatoms. The van der Waals surface area contributed by atoms with E-state index in [0.29, 0.717) is 6.54 Å². The van der Waals surface area contributed by atoms with Crippen LogP contribution in [0.25, 0.3) is 0 Å². The second-order valence-corrected chi connectivity index (χ2v) is 5.82. The van der Waals surface area contributed by atoms with Crippen molar-refractivity contribution in [3.8, 4) is 11.5 Å². The first-order valence-electron chi connectivity index (χ1n) is 7.50. The van der Waals surface area contributed by atoms with Crippen LogP contribution in [-0.4, -0.2) is 12.7 Å². The van der Waals surface area contributed by atoms with E-state index >= 15 is 0 Å². The van der Waals surface area contributed by atoms with Crippen LogP contribution in [0.15, 0.2) is 48.5 Å². The zero-order chi connectivity index (χ0) is 15.0. The van der Waals surface area contributed by atoms with Crippen LogP contribution in [0, 0.1) is 0 Å². The zero-order valence-electron chi connectivity index (χ0n) is 12.2. The maximum atomic E-state index is 12.6. The highest BCUT2D eigenvalue weighted by Gasteiger charge is 2.51. The Bertz CT molecular complexity index is 708. The number of benzene rings is 2. The fraction of sp³-hybridized carbons (Fsp3) is 0.278. The third-order valence-electron chi connectivity index (χ3n) is 4.41. The highest BCUT2D eigenvalue weighted by Crippen LogP contribution is 2.50. The number of fused-ring (bicyclic) bond motifs is 1. The number of amides is 1. The maximum absolute atomic E-state index is 12.6. The smallest absolute Gasteiger partial charge is 0.231 e. The van der Waals surface area contributed by atoms with Crippen molar-refractivity contribution in [3.05, 3.63) is 59.7 Å².